The summed E-state index contributed by atoms with van der Waals surface area (Å²) in [6, 6.07) is 8.58. The van der Waals surface area contributed by atoms with Crippen LogP contribution in [0.3, 0.4) is 0 Å². The monoisotopic (exact) mass is 387 g/mol. The van der Waals surface area contributed by atoms with E-state index in [0.29, 0.717) is 6.04 Å². The van der Waals surface area contributed by atoms with Gasteiger partial charge in [0.15, 0.2) is 0 Å². The summed E-state index contributed by atoms with van der Waals surface area (Å²) in [6.07, 6.45) is 3.50. The average molecular weight is 388 g/mol. The number of tetrazole rings is 1. The molecule has 8 nitrogen and oxygen atoms in total. The second-order valence-electron chi connectivity index (χ2n) is 7.63. The van der Waals surface area contributed by atoms with Crippen molar-refractivity contribution in [3.05, 3.63) is 30.1 Å². The first kappa shape index (κ1) is 19.1. The predicted octanol–water partition coefficient (Wildman–Crippen LogP) is 0.717. The molecular weight excluding hydrogens is 356 g/mol. The molecule has 0 saturated carbocycles. The van der Waals surface area contributed by atoms with Crippen LogP contribution in [0.4, 0.5) is 5.69 Å². The highest BCUT2D eigenvalue weighted by atomic mass is 16.5. The van der Waals surface area contributed by atoms with Gasteiger partial charge in [-0.1, -0.05) is 19.1 Å². The molecule has 2 aromatic rings. The maximum atomic E-state index is 5.78. The fourth-order valence-corrected chi connectivity index (χ4v) is 4.50. The molecule has 0 aliphatic carbocycles. The zero-order valence-electron chi connectivity index (χ0n) is 16.9. The number of nitrogens with one attached hydrogen (secondary N) is 1. The van der Waals surface area contributed by atoms with Crippen molar-refractivity contribution in [1.29, 1.82) is 0 Å². The van der Waals surface area contributed by atoms with Crippen LogP contribution in [-0.4, -0.2) is 66.2 Å². The SMILES string of the molecule is CC[C@H](c1nnnn1C[C@H]1CCCO1)[NH+]1CCN(c2ccccc2OC)CC1. The molecule has 3 heterocycles. The lowest BCUT2D eigenvalue weighted by molar-refractivity contribution is -0.933. The Labute approximate surface area is 166 Å². The van der Waals surface area contributed by atoms with Crippen LogP contribution < -0.4 is 14.5 Å². The molecule has 2 fully saturated rings. The van der Waals surface area contributed by atoms with Crippen molar-refractivity contribution < 1.29 is 14.4 Å². The summed E-state index contributed by atoms with van der Waals surface area (Å²) >= 11 is 0. The number of aromatic nitrogens is 4. The van der Waals surface area contributed by atoms with E-state index in [1.807, 2.05) is 16.8 Å². The molecule has 152 valence electrons. The Morgan fingerprint density at radius 3 is 2.82 bits per heavy atom. The minimum atomic E-state index is 0.247. The summed E-state index contributed by atoms with van der Waals surface area (Å²) < 4.78 is 13.3. The van der Waals surface area contributed by atoms with Crippen LogP contribution >= 0.6 is 0 Å². The van der Waals surface area contributed by atoms with Gasteiger partial charge in [-0.25, -0.2) is 4.68 Å². The van der Waals surface area contributed by atoms with E-state index in [9.17, 15) is 0 Å². The minimum absolute atomic E-state index is 0.247. The van der Waals surface area contributed by atoms with E-state index < -0.39 is 0 Å². The van der Waals surface area contributed by atoms with Crippen LogP contribution in [0.1, 0.15) is 38.1 Å². The van der Waals surface area contributed by atoms with Gasteiger partial charge in [-0.15, -0.1) is 5.10 Å². The zero-order chi connectivity index (χ0) is 19.3. The summed E-state index contributed by atoms with van der Waals surface area (Å²) in [5, 5.41) is 12.6. The molecule has 1 aromatic carbocycles. The molecule has 0 amide bonds. The van der Waals surface area contributed by atoms with Gasteiger partial charge >= 0.3 is 0 Å². The zero-order valence-corrected chi connectivity index (χ0v) is 16.9. The fraction of sp³-hybridized carbons (Fsp3) is 0.650. The van der Waals surface area contributed by atoms with Crippen LogP contribution in [0.5, 0.6) is 5.75 Å². The van der Waals surface area contributed by atoms with Crippen LogP contribution in [-0.2, 0) is 11.3 Å². The van der Waals surface area contributed by atoms with Crippen molar-refractivity contribution in [2.24, 2.45) is 0 Å². The molecule has 28 heavy (non-hydrogen) atoms. The smallest absolute Gasteiger partial charge is 0.209 e. The van der Waals surface area contributed by atoms with Crippen molar-refractivity contribution in [3.63, 3.8) is 0 Å². The first-order chi connectivity index (χ1) is 13.8. The number of ether oxygens (including phenoxy) is 2. The van der Waals surface area contributed by atoms with Crippen LogP contribution in [0.25, 0.3) is 0 Å². The second-order valence-corrected chi connectivity index (χ2v) is 7.63. The second kappa shape index (κ2) is 8.87. The van der Waals surface area contributed by atoms with Crippen molar-refractivity contribution in [2.75, 3.05) is 44.8 Å². The van der Waals surface area contributed by atoms with E-state index in [4.69, 9.17) is 9.47 Å². The van der Waals surface area contributed by atoms with E-state index in [0.717, 1.165) is 70.2 Å². The third-order valence-corrected chi connectivity index (χ3v) is 6.00. The highest BCUT2D eigenvalue weighted by Crippen LogP contribution is 2.27. The number of quaternary nitrogens is 1. The van der Waals surface area contributed by atoms with Gasteiger partial charge in [0, 0.05) is 13.0 Å². The Kier molecular flexibility index (Phi) is 6.07. The van der Waals surface area contributed by atoms with Gasteiger partial charge in [0.25, 0.3) is 0 Å². The highest BCUT2D eigenvalue weighted by molar-refractivity contribution is 5.58. The molecule has 1 aromatic heterocycles. The Hall–Kier alpha value is -2.19. The molecule has 0 unspecified atom stereocenters. The number of rotatable bonds is 7. The largest absolute Gasteiger partial charge is 0.495 e. The predicted molar refractivity (Wildman–Crippen MR) is 106 cm³/mol. The summed E-state index contributed by atoms with van der Waals surface area (Å²) in [5.41, 5.74) is 1.18. The molecule has 1 N–H and O–H groups in total. The standard InChI is InChI=1S/C20H30N6O2/c1-3-17(20-21-22-23-26(20)15-16-7-6-14-28-16)24-10-12-25(13-11-24)18-8-4-5-9-19(18)27-2/h4-5,8-9,16-17H,3,6-7,10-15H2,1-2H3/p+1/t16-,17-/m1/s1. The first-order valence-corrected chi connectivity index (χ1v) is 10.4. The van der Waals surface area contributed by atoms with Crippen molar-refractivity contribution in [2.45, 2.75) is 44.9 Å². The van der Waals surface area contributed by atoms with Crippen LogP contribution in [0, 0.1) is 0 Å². The third kappa shape index (κ3) is 3.98. The molecule has 2 aliphatic rings. The summed E-state index contributed by atoms with van der Waals surface area (Å²) in [7, 11) is 1.74. The van der Waals surface area contributed by atoms with E-state index in [1.54, 1.807) is 12.0 Å². The van der Waals surface area contributed by atoms with Crippen LogP contribution in [0.15, 0.2) is 24.3 Å². The molecule has 2 saturated heterocycles. The van der Waals surface area contributed by atoms with Gasteiger partial charge in [0.1, 0.15) is 11.8 Å². The number of anilines is 1. The first-order valence-electron chi connectivity index (χ1n) is 10.4. The molecule has 2 atom stereocenters. The highest BCUT2D eigenvalue weighted by Gasteiger charge is 2.32. The van der Waals surface area contributed by atoms with Crippen molar-refractivity contribution >= 4 is 5.69 Å². The number of nitrogens with zero attached hydrogens (tertiary/aromatic N) is 5. The lowest BCUT2D eigenvalue weighted by Crippen LogP contribution is -3.15. The van der Waals surface area contributed by atoms with Crippen molar-refractivity contribution in [3.8, 4) is 5.75 Å². The van der Waals surface area contributed by atoms with Gasteiger partial charge in [-0.3, -0.25) is 0 Å². The normalized spacial score (nSPS) is 21.8. The Morgan fingerprint density at radius 1 is 1.29 bits per heavy atom. The van der Waals surface area contributed by atoms with Gasteiger partial charge in [0.05, 0.1) is 51.6 Å². The summed E-state index contributed by atoms with van der Waals surface area (Å²) in [4.78, 5) is 3.97. The number of methoxy groups -OCH3 is 1. The molecule has 0 radical (unpaired) electrons. The Bertz CT molecular complexity index is 753. The maximum absolute atomic E-state index is 5.78. The van der Waals surface area contributed by atoms with E-state index in [1.165, 1.54) is 5.69 Å². The number of hydrogen-bond acceptors (Lipinski definition) is 6. The lowest BCUT2D eigenvalue weighted by Gasteiger charge is -2.37. The molecular formula is C20H31N6O2+. The molecule has 2 aliphatic heterocycles. The van der Waals surface area contributed by atoms with Gasteiger partial charge in [-0.05, 0) is 35.4 Å². The molecule has 0 spiro atoms. The van der Waals surface area contributed by atoms with Crippen molar-refractivity contribution in [1.82, 2.24) is 20.2 Å². The minimum Gasteiger partial charge on any atom is -0.495 e. The van der Waals surface area contributed by atoms with Gasteiger partial charge in [-0.2, -0.15) is 0 Å². The van der Waals surface area contributed by atoms with E-state index >= 15 is 0 Å². The molecule has 8 heteroatoms. The third-order valence-electron chi connectivity index (χ3n) is 6.00. The van der Waals surface area contributed by atoms with Gasteiger partial charge in [0.2, 0.25) is 5.82 Å². The Balaban J connectivity index is 1.42. The number of para-hydroxylation sites is 2. The van der Waals surface area contributed by atoms with Crippen LogP contribution in [0.2, 0.25) is 0 Å². The summed E-state index contributed by atoms with van der Waals surface area (Å²) in [6.45, 7) is 7.97. The molecule has 0 bridgehead atoms. The topological polar surface area (TPSA) is 69.7 Å². The fourth-order valence-electron chi connectivity index (χ4n) is 4.50. The average Bonchev–Trinajstić information content (AvgIpc) is 3.42. The van der Waals surface area contributed by atoms with Gasteiger partial charge < -0.3 is 19.3 Å². The number of piperazine rings is 1. The number of benzene rings is 1. The number of hydrogen-bond donors (Lipinski definition) is 1. The summed E-state index contributed by atoms with van der Waals surface area (Å²) in [5.74, 6) is 1.94. The molecule has 4 rings (SSSR count). The van der Waals surface area contributed by atoms with E-state index in [2.05, 4.69) is 39.5 Å². The lowest BCUT2D eigenvalue weighted by atomic mass is 10.1. The van der Waals surface area contributed by atoms with E-state index in [-0.39, 0.29) is 6.10 Å². The quantitative estimate of drug-likeness (QED) is 0.755. The Morgan fingerprint density at radius 2 is 2.11 bits per heavy atom. The maximum Gasteiger partial charge on any atom is 0.209 e.